The summed E-state index contributed by atoms with van der Waals surface area (Å²) in [5.74, 6) is 2.55. The van der Waals surface area contributed by atoms with Crippen LogP contribution in [0.3, 0.4) is 0 Å². The first kappa shape index (κ1) is 14.3. The number of H-pyrrole nitrogens is 1. The summed E-state index contributed by atoms with van der Waals surface area (Å²) in [5, 5.41) is 18.8. The molecule has 2 heterocycles. The van der Waals surface area contributed by atoms with Gasteiger partial charge in [-0.1, -0.05) is 0 Å². The van der Waals surface area contributed by atoms with Gasteiger partial charge in [0.25, 0.3) is 5.56 Å². The van der Waals surface area contributed by atoms with E-state index in [4.69, 9.17) is 9.84 Å². The maximum Gasteiger partial charge on any atom is 0.330 e. The molecule has 2 rings (SSSR count). The third kappa shape index (κ3) is 2.89. The van der Waals surface area contributed by atoms with Crippen LogP contribution in [0.15, 0.2) is 15.8 Å². The van der Waals surface area contributed by atoms with Crippen molar-refractivity contribution in [1.29, 1.82) is 0 Å². The number of aliphatic hydroxyl groups is 2. The number of hydrogen-bond donors (Lipinski definition) is 3. The van der Waals surface area contributed by atoms with Crippen LogP contribution in [0.25, 0.3) is 0 Å². The van der Waals surface area contributed by atoms with Crippen LogP contribution in [0, 0.1) is 9.85 Å². The van der Waals surface area contributed by atoms with Gasteiger partial charge >= 0.3 is 5.69 Å². The SMILES string of the molecule is O=c1[nH]c(=O)n([C@H]2O[C@@H](CO)CC2O)cc1C#CI. The Hall–Kier alpha value is -1.15. The van der Waals surface area contributed by atoms with Crippen molar-refractivity contribution in [3.8, 4) is 9.85 Å². The van der Waals surface area contributed by atoms with Gasteiger partial charge in [-0.25, -0.2) is 4.79 Å². The van der Waals surface area contributed by atoms with Crippen molar-refractivity contribution in [3.05, 3.63) is 32.6 Å². The molecular weight excluding hydrogens is 367 g/mol. The van der Waals surface area contributed by atoms with E-state index in [9.17, 15) is 14.7 Å². The van der Waals surface area contributed by atoms with Gasteiger partial charge in [0.15, 0.2) is 6.23 Å². The molecule has 1 aromatic heterocycles. The zero-order chi connectivity index (χ0) is 14.0. The van der Waals surface area contributed by atoms with Crippen molar-refractivity contribution in [2.24, 2.45) is 0 Å². The van der Waals surface area contributed by atoms with Crippen LogP contribution in [0.4, 0.5) is 0 Å². The summed E-state index contributed by atoms with van der Waals surface area (Å²) in [6, 6.07) is 0. The monoisotopic (exact) mass is 378 g/mol. The van der Waals surface area contributed by atoms with Crippen molar-refractivity contribution in [2.45, 2.75) is 24.9 Å². The van der Waals surface area contributed by atoms with Crippen LogP contribution in [0.5, 0.6) is 0 Å². The van der Waals surface area contributed by atoms with E-state index in [-0.39, 0.29) is 18.6 Å². The summed E-state index contributed by atoms with van der Waals surface area (Å²) in [6.07, 6.45) is -0.920. The van der Waals surface area contributed by atoms with Crippen molar-refractivity contribution in [2.75, 3.05) is 6.61 Å². The van der Waals surface area contributed by atoms with E-state index in [1.807, 2.05) is 0 Å². The first-order chi connectivity index (χ1) is 9.06. The maximum atomic E-state index is 11.7. The number of ether oxygens (including phenoxy) is 1. The minimum atomic E-state index is -0.934. The molecule has 0 bridgehead atoms. The van der Waals surface area contributed by atoms with Gasteiger partial charge in [-0.3, -0.25) is 14.3 Å². The lowest BCUT2D eigenvalue weighted by atomic mass is 10.2. The Kier molecular flexibility index (Phi) is 4.41. The molecule has 1 aromatic rings. The number of aromatic amines is 1. The van der Waals surface area contributed by atoms with E-state index < -0.39 is 29.7 Å². The molecule has 0 radical (unpaired) electrons. The minimum Gasteiger partial charge on any atom is -0.394 e. The van der Waals surface area contributed by atoms with E-state index in [2.05, 4.69) is 14.8 Å². The van der Waals surface area contributed by atoms with Gasteiger partial charge in [-0.2, -0.15) is 0 Å². The average Bonchev–Trinajstić information content (AvgIpc) is 2.74. The van der Waals surface area contributed by atoms with Crippen LogP contribution in [-0.4, -0.2) is 38.6 Å². The van der Waals surface area contributed by atoms with Gasteiger partial charge in [0.1, 0.15) is 11.7 Å². The predicted molar refractivity (Wildman–Crippen MR) is 73.8 cm³/mol. The van der Waals surface area contributed by atoms with Crippen LogP contribution in [0.2, 0.25) is 0 Å². The van der Waals surface area contributed by atoms with Crippen molar-refractivity contribution in [3.63, 3.8) is 0 Å². The molecule has 3 atom stereocenters. The lowest BCUT2D eigenvalue weighted by Crippen LogP contribution is -2.36. The van der Waals surface area contributed by atoms with Gasteiger partial charge in [0, 0.05) is 35.2 Å². The molecule has 0 saturated carbocycles. The number of hydrogen-bond acceptors (Lipinski definition) is 5. The number of nitrogens with zero attached hydrogens (tertiary/aromatic N) is 1. The Labute approximate surface area is 121 Å². The Morgan fingerprint density at radius 3 is 2.89 bits per heavy atom. The van der Waals surface area contributed by atoms with Gasteiger partial charge in [-0.15, -0.1) is 0 Å². The summed E-state index contributed by atoms with van der Waals surface area (Å²) < 4.78 is 8.97. The molecule has 1 aliphatic heterocycles. The van der Waals surface area contributed by atoms with E-state index in [1.54, 1.807) is 22.6 Å². The lowest BCUT2D eigenvalue weighted by molar-refractivity contribution is -0.0531. The predicted octanol–water partition coefficient (Wildman–Crippen LogP) is -1.08. The summed E-state index contributed by atoms with van der Waals surface area (Å²) in [7, 11) is 0. The third-order valence-electron chi connectivity index (χ3n) is 2.79. The van der Waals surface area contributed by atoms with Crippen LogP contribution in [-0.2, 0) is 4.74 Å². The highest BCUT2D eigenvalue weighted by atomic mass is 127. The van der Waals surface area contributed by atoms with Gasteiger partial charge in [-0.05, 0) is 9.85 Å². The van der Waals surface area contributed by atoms with Crippen molar-refractivity contribution < 1.29 is 14.9 Å². The highest BCUT2D eigenvalue weighted by molar-refractivity contribution is 14.1. The molecular formula is C11H11IN2O5. The first-order valence-corrected chi connectivity index (χ1v) is 6.56. The molecule has 0 spiro atoms. The molecule has 0 aromatic carbocycles. The number of nitrogens with one attached hydrogen (secondary N) is 1. The van der Waals surface area contributed by atoms with E-state index in [0.717, 1.165) is 4.57 Å². The van der Waals surface area contributed by atoms with E-state index in [1.165, 1.54) is 6.20 Å². The second-order valence-electron chi connectivity index (χ2n) is 4.06. The zero-order valence-electron chi connectivity index (χ0n) is 9.67. The fourth-order valence-corrected chi connectivity index (χ4v) is 2.20. The van der Waals surface area contributed by atoms with Crippen molar-refractivity contribution >= 4 is 22.6 Å². The molecule has 1 fully saturated rings. The second kappa shape index (κ2) is 5.87. The van der Waals surface area contributed by atoms with Crippen LogP contribution in [0.1, 0.15) is 18.2 Å². The molecule has 8 heteroatoms. The minimum absolute atomic E-state index is 0.109. The average molecular weight is 378 g/mol. The van der Waals surface area contributed by atoms with E-state index >= 15 is 0 Å². The molecule has 0 amide bonds. The van der Waals surface area contributed by atoms with Gasteiger partial charge < -0.3 is 14.9 Å². The number of halogens is 1. The molecule has 0 aliphatic carbocycles. The zero-order valence-corrected chi connectivity index (χ0v) is 11.8. The third-order valence-corrected chi connectivity index (χ3v) is 3.06. The summed E-state index contributed by atoms with van der Waals surface area (Å²) in [5.41, 5.74) is -1.17. The van der Waals surface area contributed by atoms with Crippen LogP contribution < -0.4 is 11.2 Å². The number of aromatic nitrogens is 2. The Morgan fingerprint density at radius 2 is 2.32 bits per heavy atom. The van der Waals surface area contributed by atoms with E-state index in [0.29, 0.717) is 0 Å². The molecule has 7 nitrogen and oxygen atoms in total. The molecule has 1 aliphatic rings. The van der Waals surface area contributed by atoms with Gasteiger partial charge in [0.05, 0.1) is 12.7 Å². The Balaban J connectivity index is 2.44. The summed E-state index contributed by atoms with van der Waals surface area (Å²) in [4.78, 5) is 25.3. The first-order valence-electron chi connectivity index (χ1n) is 5.48. The molecule has 102 valence electrons. The molecule has 1 unspecified atom stereocenters. The molecule has 19 heavy (non-hydrogen) atoms. The number of aliphatic hydroxyl groups excluding tert-OH is 2. The number of rotatable bonds is 2. The molecule has 1 saturated heterocycles. The second-order valence-corrected chi connectivity index (χ2v) is 4.60. The quantitative estimate of drug-likeness (QED) is 0.449. The highest BCUT2D eigenvalue weighted by Crippen LogP contribution is 2.27. The maximum absolute atomic E-state index is 11.7. The summed E-state index contributed by atoms with van der Waals surface area (Å²) in [6.45, 7) is -0.244. The van der Waals surface area contributed by atoms with Gasteiger partial charge in [0.2, 0.25) is 0 Å². The Bertz CT molecular complexity index is 641. The largest absolute Gasteiger partial charge is 0.394 e. The smallest absolute Gasteiger partial charge is 0.330 e. The fourth-order valence-electron chi connectivity index (χ4n) is 1.91. The van der Waals surface area contributed by atoms with Crippen molar-refractivity contribution in [1.82, 2.24) is 9.55 Å². The lowest BCUT2D eigenvalue weighted by Gasteiger charge is -2.17. The standard InChI is InChI=1S/C11H11IN2O5/c12-2-1-6-4-14(11(18)13-9(6)17)10-8(16)3-7(5-15)19-10/h4,7-8,10,15-16H,3,5H2,(H,13,17,18)/t7-,8?,10+/m1/s1. The fraction of sp³-hybridized carbons (Fsp3) is 0.455. The molecule has 3 N–H and O–H groups in total. The topological polar surface area (TPSA) is 105 Å². The highest BCUT2D eigenvalue weighted by Gasteiger charge is 2.35. The normalized spacial score (nSPS) is 25.9. The summed E-state index contributed by atoms with van der Waals surface area (Å²) >= 11 is 1.77. The Morgan fingerprint density at radius 1 is 1.58 bits per heavy atom. The van der Waals surface area contributed by atoms with Crippen LogP contribution >= 0.6 is 22.6 Å².